The van der Waals surface area contributed by atoms with E-state index >= 15 is 0 Å². The number of aliphatic imine (C=N–C) groups is 1. The Balaban J connectivity index is 1.39. The van der Waals surface area contributed by atoms with Crippen LogP contribution < -0.4 is 26.4 Å². The van der Waals surface area contributed by atoms with Crippen molar-refractivity contribution in [1.29, 1.82) is 0 Å². The number of ether oxygens (including phenoxy) is 2. The van der Waals surface area contributed by atoms with Crippen molar-refractivity contribution >= 4 is 62.3 Å². The van der Waals surface area contributed by atoms with Gasteiger partial charge in [-0.05, 0) is 84.6 Å². The maximum absolute atomic E-state index is 13.8. The summed E-state index contributed by atoms with van der Waals surface area (Å²) in [5, 5.41) is 33.4. The number of fused-ring (bicyclic) bond motifs is 1. The van der Waals surface area contributed by atoms with Gasteiger partial charge >= 0.3 is 22.5 Å². The first-order valence-corrected chi connectivity index (χ1v) is 19.5. The first-order chi connectivity index (χ1) is 26.0. The summed E-state index contributed by atoms with van der Waals surface area (Å²) in [6.07, 6.45) is -0.881. The van der Waals surface area contributed by atoms with Crippen LogP contribution in [0.2, 0.25) is 0 Å². The number of benzene rings is 1. The molecule has 2 fully saturated rings. The number of β-lactam (4-membered cyclic amide) rings is 1. The number of carboxylic acids is 1. The molecule has 0 unspecified atom stereocenters. The number of nitrogens with zero attached hydrogens (tertiary/aromatic N) is 4. The molecule has 2 aromatic rings. The Kier molecular flexibility index (Phi) is 12.0. The second-order valence-corrected chi connectivity index (χ2v) is 16.8. The van der Waals surface area contributed by atoms with Crippen molar-refractivity contribution in [3.63, 3.8) is 0 Å². The summed E-state index contributed by atoms with van der Waals surface area (Å²) in [5.74, 6) is -2.98. The fraction of sp³-hybridized carbons (Fsp3) is 0.545. The summed E-state index contributed by atoms with van der Waals surface area (Å²) in [6, 6.07) is 3.55. The Morgan fingerprint density at radius 1 is 1.23 bits per heavy atom. The molecule has 1 aromatic heterocycles. The van der Waals surface area contributed by atoms with Gasteiger partial charge in [-0.25, -0.2) is 14.6 Å². The summed E-state index contributed by atoms with van der Waals surface area (Å²) < 4.78 is 47.4. The van der Waals surface area contributed by atoms with Crippen molar-refractivity contribution in [3.05, 3.63) is 40.4 Å². The number of amidine groups is 1. The number of nitrogens with two attached hydrogens (primary N) is 1. The number of aromatic nitrogens is 1. The molecule has 1 aromatic carbocycles. The highest BCUT2D eigenvalue weighted by Gasteiger charge is 2.58. The van der Waals surface area contributed by atoms with Crippen LogP contribution in [0.5, 0.6) is 5.75 Å². The lowest BCUT2D eigenvalue weighted by atomic mass is 9.84. The number of carbonyl (C=O) groups excluding carboxylic acids is 3. The van der Waals surface area contributed by atoms with Crippen molar-refractivity contribution in [2.24, 2.45) is 15.9 Å². The number of anilines is 1. The number of aliphatic hydroxyl groups excluding tert-OH is 1. The molecule has 5 atom stereocenters. The number of aliphatic hydroxyl groups is 1. The van der Waals surface area contributed by atoms with Gasteiger partial charge in [-0.15, -0.1) is 15.6 Å². The van der Waals surface area contributed by atoms with Crippen LogP contribution in [0.4, 0.5) is 9.93 Å². The third-order valence-corrected chi connectivity index (χ3v) is 10.2. The molecule has 4 heterocycles. The molecule has 3 aliphatic rings. The van der Waals surface area contributed by atoms with E-state index in [-0.39, 0.29) is 35.9 Å². The van der Waals surface area contributed by atoms with Gasteiger partial charge in [0.2, 0.25) is 0 Å². The van der Waals surface area contributed by atoms with Gasteiger partial charge in [0.1, 0.15) is 28.9 Å². The molecular formula is C33H44N8O13S2. The van der Waals surface area contributed by atoms with E-state index < -0.39 is 68.9 Å². The third kappa shape index (κ3) is 9.53. The van der Waals surface area contributed by atoms with E-state index in [0.29, 0.717) is 41.6 Å². The summed E-state index contributed by atoms with van der Waals surface area (Å²) >= 11 is 0.867. The van der Waals surface area contributed by atoms with Gasteiger partial charge in [-0.3, -0.25) is 24.5 Å². The predicted molar refractivity (Wildman–Crippen MR) is 198 cm³/mol. The van der Waals surface area contributed by atoms with Gasteiger partial charge in [0, 0.05) is 23.5 Å². The molecule has 0 radical (unpaired) electrons. The lowest BCUT2D eigenvalue weighted by Gasteiger charge is -2.50. The molecular weight excluding hydrogens is 781 g/mol. The second-order valence-electron chi connectivity index (χ2n) is 15.0. The minimum Gasteiger partial charge on any atom is -0.485 e. The SMILES string of the molecule is CC(C)(C)OC(=O)Nc1nc(/C(=N/O[C@](C)(C(=O)O)[C@H]2CCc3cc(C(N)=N[C@@H]4CN[C@H](CO)C4)ccc3O2)C(=O)N[C@@H]2C(=O)N(OS(=O)(=O)O)C2(C)C)cs1. The van der Waals surface area contributed by atoms with Crippen molar-refractivity contribution in [3.8, 4) is 5.75 Å². The van der Waals surface area contributed by atoms with Crippen LogP contribution >= 0.6 is 11.3 Å². The molecule has 3 amide bonds. The first-order valence-electron chi connectivity index (χ1n) is 17.3. The number of amides is 3. The summed E-state index contributed by atoms with van der Waals surface area (Å²) in [6.45, 7) is 9.42. The highest BCUT2D eigenvalue weighted by molar-refractivity contribution is 7.80. The number of carbonyl (C=O) groups is 4. The molecule has 56 heavy (non-hydrogen) atoms. The number of hydrogen-bond donors (Lipinski definition) is 7. The van der Waals surface area contributed by atoms with Crippen LogP contribution in [0, 0.1) is 0 Å². The highest BCUT2D eigenvalue weighted by Crippen LogP contribution is 2.36. The fourth-order valence-electron chi connectivity index (χ4n) is 6.07. The molecule has 21 nitrogen and oxygen atoms in total. The van der Waals surface area contributed by atoms with Gasteiger partial charge in [0.25, 0.3) is 17.4 Å². The zero-order valence-electron chi connectivity index (χ0n) is 31.3. The van der Waals surface area contributed by atoms with E-state index in [4.69, 9.17) is 24.6 Å². The van der Waals surface area contributed by atoms with E-state index in [9.17, 15) is 37.8 Å². The number of rotatable bonds is 13. The Hall–Kier alpha value is -4.94. The number of carboxylic acid groups (broad SMARTS) is 1. The van der Waals surface area contributed by atoms with E-state index in [2.05, 4.69) is 35.4 Å². The molecule has 0 aliphatic carbocycles. The van der Waals surface area contributed by atoms with Crippen molar-refractivity contribution in [1.82, 2.24) is 20.7 Å². The molecule has 0 saturated carbocycles. The Bertz CT molecular complexity index is 2050. The molecule has 3 aliphatic heterocycles. The average Bonchev–Trinajstić information content (AvgIpc) is 3.76. The highest BCUT2D eigenvalue weighted by atomic mass is 32.3. The molecule has 5 rings (SSSR count). The molecule has 0 spiro atoms. The summed E-state index contributed by atoms with van der Waals surface area (Å²) in [7, 11) is -5.09. The van der Waals surface area contributed by atoms with Crippen molar-refractivity contribution in [2.45, 2.75) is 102 Å². The maximum Gasteiger partial charge on any atom is 0.418 e. The monoisotopic (exact) mass is 824 g/mol. The molecule has 2 saturated heterocycles. The minimum atomic E-state index is -5.09. The quantitative estimate of drug-likeness (QED) is 0.0481. The van der Waals surface area contributed by atoms with E-state index in [1.54, 1.807) is 39.0 Å². The topological polar surface area (TPSA) is 303 Å². The number of nitrogens with one attached hydrogen (secondary N) is 3. The third-order valence-electron chi connectivity index (χ3n) is 9.10. The van der Waals surface area contributed by atoms with Gasteiger partial charge < -0.3 is 40.9 Å². The summed E-state index contributed by atoms with van der Waals surface area (Å²) in [4.78, 5) is 66.2. The van der Waals surface area contributed by atoms with Gasteiger partial charge in [-0.2, -0.15) is 13.5 Å². The van der Waals surface area contributed by atoms with E-state index in [1.165, 1.54) is 26.2 Å². The lowest BCUT2D eigenvalue weighted by Crippen LogP contribution is -2.76. The molecule has 0 bridgehead atoms. The van der Waals surface area contributed by atoms with Crippen LogP contribution in [0.1, 0.15) is 71.2 Å². The summed E-state index contributed by atoms with van der Waals surface area (Å²) in [5.41, 5.74) is 2.29. The van der Waals surface area contributed by atoms with Crippen molar-refractivity contribution < 1.29 is 61.0 Å². The van der Waals surface area contributed by atoms with Gasteiger partial charge in [0.05, 0.1) is 18.2 Å². The predicted octanol–water partition coefficient (Wildman–Crippen LogP) is 0.716. The Morgan fingerprint density at radius 2 is 1.95 bits per heavy atom. The minimum absolute atomic E-state index is 0.00228. The van der Waals surface area contributed by atoms with Crippen LogP contribution in [0.25, 0.3) is 0 Å². The maximum atomic E-state index is 13.8. The van der Waals surface area contributed by atoms with E-state index in [0.717, 1.165) is 16.9 Å². The average molecular weight is 825 g/mol. The molecule has 306 valence electrons. The lowest BCUT2D eigenvalue weighted by molar-refractivity contribution is -0.218. The van der Waals surface area contributed by atoms with Crippen molar-refractivity contribution in [2.75, 3.05) is 18.5 Å². The Labute approximate surface area is 325 Å². The number of thiazole rings is 1. The van der Waals surface area contributed by atoms with Crippen LogP contribution in [0.15, 0.2) is 33.7 Å². The van der Waals surface area contributed by atoms with Crippen LogP contribution in [0.3, 0.4) is 0 Å². The number of hydrogen-bond acceptors (Lipinski definition) is 16. The number of oxime groups is 1. The fourth-order valence-corrected chi connectivity index (χ4v) is 7.21. The number of hydroxylamine groups is 2. The second kappa shape index (κ2) is 15.9. The van der Waals surface area contributed by atoms with Crippen LogP contribution in [-0.4, -0.2) is 123 Å². The Morgan fingerprint density at radius 3 is 2.55 bits per heavy atom. The number of aryl methyl sites for hydroxylation is 1. The standard InChI is InChI=1S/C33H44N8O13S2/c1-31(2,3)52-30(47)39-29-37-20(15-55-29)23(26(43)38-24-27(44)41(32(24,4)5)54-56(48,49)50)40-53-33(6,28(45)46)22-10-8-16-11-17(7-9-21(16)51-22)25(34)36-18-12-19(14-42)35-13-18/h7,9,11,15,18-19,22,24,35,42H,8,10,12-14H2,1-6H3,(H2,34,36)(H,38,43)(H,45,46)(H,37,39,47)(H,48,49,50)/b40-23-/t18-,19-,22+,24+,33-/m0/s1. The smallest absolute Gasteiger partial charge is 0.418 e. The van der Waals surface area contributed by atoms with E-state index in [1.807, 2.05) is 0 Å². The normalized spacial score (nSPS) is 23.6. The molecule has 23 heteroatoms. The molecule has 8 N–H and O–H groups in total. The first kappa shape index (κ1) is 42.2. The van der Waals surface area contributed by atoms with Crippen LogP contribution in [-0.2, 0) is 45.1 Å². The zero-order valence-corrected chi connectivity index (χ0v) is 32.9. The number of aliphatic carboxylic acids is 1. The largest absolute Gasteiger partial charge is 0.485 e. The van der Waals surface area contributed by atoms with Gasteiger partial charge in [0.15, 0.2) is 16.9 Å². The zero-order chi connectivity index (χ0) is 41.4. The van der Waals surface area contributed by atoms with Gasteiger partial charge in [-0.1, -0.05) is 5.16 Å².